The number of guanidine groups is 1. The first kappa shape index (κ1) is 18.5. The van der Waals surface area contributed by atoms with Crippen LogP contribution in [0.4, 0.5) is 24.5 Å². The van der Waals surface area contributed by atoms with E-state index in [-0.39, 0.29) is 11.6 Å². The molecule has 2 aromatic carbocycles. The summed E-state index contributed by atoms with van der Waals surface area (Å²) in [4.78, 5) is 0.983. The highest BCUT2D eigenvalue weighted by atomic mass is 35.5. The lowest BCUT2D eigenvalue weighted by Crippen LogP contribution is -2.21. The first-order valence-electron chi connectivity index (χ1n) is 7.02. The number of hydrogen-bond donors (Lipinski definition) is 3. The third-order valence-corrected chi connectivity index (χ3v) is 4.17. The van der Waals surface area contributed by atoms with Gasteiger partial charge in [-0.3, -0.25) is 5.41 Å². The van der Waals surface area contributed by atoms with Crippen molar-refractivity contribution in [1.82, 2.24) is 0 Å². The summed E-state index contributed by atoms with van der Waals surface area (Å²) >= 11 is 7.70. The van der Waals surface area contributed by atoms with Gasteiger partial charge in [-0.25, -0.2) is 0 Å². The molecule has 0 aliphatic carbocycles. The van der Waals surface area contributed by atoms with E-state index in [0.29, 0.717) is 10.7 Å². The van der Waals surface area contributed by atoms with Gasteiger partial charge >= 0.3 is 6.18 Å². The first-order valence-corrected chi connectivity index (χ1v) is 8.38. The van der Waals surface area contributed by atoms with E-state index in [9.17, 15) is 13.2 Å². The molecule has 0 aliphatic heterocycles. The van der Waals surface area contributed by atoms with Crippen LogP contribution in [0.15, 0.2) is 47.4 Å². The van der Waals surface area contributed by atoms with Crippen molar-refractivity contribution in [3.63, 3.8) is 0 Å². The van der Waals surface area contributed by atoms with Crippen LogP contribution in [0.3, 0.4) is 0 Å². The van der Waals surface area contributed by atoms with Gasteiger partial charge in [-0.1, -0.05) is 24.6 Å². The van der Waals surface area contributed by atoms with Gasteiger partial charge in [0.2, 0.25) is 0 Å². The number of anilines is 2. The summed E-state index contributed by atoms with van der Waals surface area (Å²) in [7, 11) is 0. The molecule has 0 bridgehead atoms. The Morgan fingerprint density at radius 1 is 1.17 bits per heavy atom. The molecule has 0 aliphatic rings. The molecule has 0 saturated carbocycles. The molecular weight excluding hydrogens is 359 g/mol. The second kappa shape index (κ2) is 7.81. The molecule has 128 valence electrons. The van der Waals surface area contributed by atoms with Crippen LogP contribution in [0.2, 0.25) is 5.02 Å². The van der Waals surface area contributed by atoms with E-state index in [1.165, 1.54) is 12.1 Å². The Morgan fingerprint density at radius 3 is 2.58 bits per heavy atom. The number of hydrogen-bond acceptors (Lipinski definition) is 2. The fraction of sp³-hybridized carbons (Fsp3) is 0.188. The number of rotatable bonds is 4. The minimum Gasteiger partial charge on any atom is -0.326 e. The predicted molar refractivity (Wildman–Crippen MR) is 94.3 cm³/mol. The summed E-state index contributed by atoms with van der Waals surface area (Å²) in [6.07, 6.45) is -4.43. The van der Waals surface area contributed by atoms with Gasteiger partial charge in [-0.2, -0.15) is 13.2 Å². The summed E-state index contributed by atoms with van der Waals surface area (Å²) in [5.41, 5.74) is -0.100. The van der Waals surface area contributed by atoms with E-state index in [4.69, 9.17) is 17.0 Å². The molecule has 3 nitrogen and oxygen atoms in total. The third kappa shape index (κ3) is 5.07. The molecule has 0 aromatic heterocycles. The second-order valence-electron chi connectivity index (χ2n) is 4.78. The molecule has 0 radical (unpaired) electrons. The van der Waals surface area contributed by atoms with E-state index < -0.39 is 11.7 Å². The molecule has 0 heterocycles. The third-order valence-electron chi connectivity index (χ3n) is 2.97. The minimum atomic E-state index is -4.43. The van der Waals surface area contributed by atoms with E-state index in [0.717, 1.165) is 22.8 Å². The van der Waals surface area contributed by atoms with Crippen molar-refractivity contribution in [2.45, 2.75) is 18.0 Å². The molecule has 8 heteroatoms. The Balaban J connectivity index is 2.10. The molecule has 0 atom stereocenters. The molecule has 0 amide bonds. The monoisotopic (exact) mass is 373 g/mol. The fourth-order valence-corrected chi connectivity index (χ4v) is 2.80. The lowest BCUT2D eigenvalue weighted by molar-refractivity contribution is -0.137. The number of halogens is 4. The van der Waals surface area contributed by atoms with Crippen molar-refractivity contribution in [3.8, 4) is 0 Å². The smallest absolute Gasteiger partial charge is 0.326 e. The number of alkyl halides is 3. The maximum atomic E-state index is 12.7. The number of nitrogens with one attached hydrogen (secondary N) is 3. The number of benzene rings is 2. The Morgan fingerprint density at radius 2 is 1.92 bits per heavy atom. The normalized spacial score (nSPS) is 11.2. The maximum absolute atomic E-state index is 12.7. The predicted octanol–water partition coefficient (Wildman–Crippen LogP) is 5.93. The van der Waals surface area contributed by atoms with Crippen LogP contribution in [0.1, 0.15) is 12.5 Å². The van der Waals surface area contributed by atoms with Gasteiger partial charge in [0.15, 0.2) is 5.96 Å². The van der Waals surface area contributed by atoms with E-state index in [2.05, 4.69) is 10.6 Å². The highest BCUT2D eigenvalue weighted by molar-refractivity contribution is 7.99. The lowest BCUT2D eigenvalue weighted by Gasteiger charge is -2.14. The van der Waals surface area contributed by atoms with Gasteiger partial charge in [-0.05, 0) is 42.2 Å². The Hall–Kier alpha value is -1.86. The first-order chi connectivity index (χ1) is 11.3. The van der Waals surface area contributed by atoms with Gasteiger partial charge in [0.25, 0.3) is 0 Å². The Labute approximate surface area is 147 Å². The van der Waals surface area contributed by atoms with Gasteiger partial charge in [0.05, 0.1) is 16.3 Å². The molecule has 0 spiro atoms. The fourth-order valence-electron chi connectivity index (χ4n) is 1.94. The molecule has 0 fully saturated rings. The van der Waals surface area contributed by atoms with E-state index in [1.54, 1.807) is 23.9 Å². The van der Waals surface area contributed by atoms with Crippen molar-refractivity contribution < 1.29 is 13.2 Å². The maximum Gasteiger partial charge on any atom is 0.416 e. The van der Waals surface area contributed by atoms with Gasteiger partial charge < -0.3 is 10.6 Å². The molecule has 24 heavy (non-hydrogen) atoms. The van der Waals surface area contributed by atoms with Crippen molar-refractivity contribution >= 4 is 40.7 Å². The molecule has 0 saturated heterocycles. The molecular formula is C16H15ClF3N3S. The Kier molecular flexibility index (Phi) is 6.01. The zero-order chi connectivity index (χ0) is 17.7. The van der Waals surface area contributed by atoms with Crippen molar-refractivity contribution in [1.29, 1.82) is 5.41 Å². The van der Waals surface area contributed by atoms with E-state index >= 15 is 0 Å². The lowest BCUT2D eigenvalue weighted by atomic mass is 10.2. The van der Waals surface area contributed by atoms with Crippen LogP contribution < -0.4 is 10.6 Å². The zero-order valence-electron chi connectivity index (χ0n) is 12.7. The van der Waals surface area contributed by atoms with Crippen LogP contribution in [0.5, 0.6) is 0 Å². The van der Waals surface area contributed by atoms with Crippen LogP contribution >= 0.6 is 23.4 Å². The van der Waals surface area contributed by atoms with Gasteiger partial charge in [0.1, 0.15) is 0 Å². The van der Waals surface area contributed by atoms with Crippen molar-refractivity contribution in [2.75, 3.05) is 16.4 Å². The van der Waals surface area contributed by atoms with E-state index in [1.807, 2.05) is 13.0 Å². The summed E-state index contributed by atoms with van der Waals surface area (Å²) in [6.45, 7) is 2.02. The van der Waals surface area contributed by atoms with Crippen LogP contribution in [-0.4, -0.2) is 11.7 Å². The minimum absolute atomic E-state index is 0.164. The quantitative estimate of drug-likeness (QED) is 0.353. The standard InChI is InChI=1S/C16H15ClF3N3S/c1-2-24-12-6-7-13(17)14(9-12)23-15(21)22-11-5-3-4-10(8-11)16(18,19)20/h3-9H,2H2,1H3,(H3,21,22,23). The largest absolute Gasteiger partial charge is 0.416 e. The molecule has 0 unspecified atom stereocenters. The summed E-state index contributed by atoms with van der Waals surface area (Å²) in [6, 6.07) is 10.0. The second-order valence-corrected chi connectivity index (χ2v) is 6.52. The van der Waals surface area contributed by atoms with Crippen LogP contribution in [0.25, 0.3) is 0 Å². The summed E-state index contributed by atoms with van der Waals surface area (Å²) in [5, 5.41) is 13.7. The molecule has 2 rings (SSSR count). The average Bonchev–Trinajstić information content (AvgIpc) is 2.50. The zero-order valence-corrected chi connectivity index (χ0v) is 14.2. The van der Waals surface area contributed by atoms with Crippen molar-refractivity contribution in [2.24, 2.45) is 0 Å². The highest BCUT2D eigenvalue weighted by Gasteiger charge is 2.30. The average molecular weight is 374 g/mol. The van der Waals surface area contributed by atoms with Crippen LogP contribution in [0, 0.1) is 5.41 Å². The SMILES string of the molecule is CCSc1ccc(Cl)c(NC(=N)Nc2cccc(C(F)(F)F)c2)c1. The number of thioether (sulfide) groups is 1. The summed E-state index contributed by atoms with van der Waals surface area (Å²) in [5.74, 6) is 0.718. The Bertz CT molecular complexity index is 735. The topological polar surface area (TPSA) is 47.9 Å². The van der Waals surface area contributed by atoms with Gasteiger partial charge in [-0.15, -0.1) is 11.8 Å². The van der Waals surface area contributed by atoms with Crippen LogP contribution in [-0.2, 0) is 6.18 Å². The van der Waals surface area contributed by atoms with Crippen molar-refractivity contribution in [3.05, 3.63) is 53.1 Å². The molecule has 3 N–H and O–H groups in total. The summed E-state index contributed by atoms with van der Waals surface area (Å²) < 4.78 is 38.1. The van der Waals surface area contributed by atoms with Gasteiger partial charge in [0, 0.05) is 10.6 Å². The highest BCUT2D eigenvalue weighted by Crippen LogP contribution is 2.31. The molecule has 2 aromatic rings.